The first-order valence-electron chi connectivity index (χ1n) is 8.59. The summed E-state index contributed by atoms with van der Waals surface area (Å²) in [6.07, 6.45) is 1.28. The van der Waals surface area contributed by atoms with Crippen molar-refractivity contribution >= 4 is 12.0 Å². The van der Waals surface area contributed by atoms with Gasteiger partial charge in [-0.2, -0.15) is 5.26 Å². The van der Waals surface area contributed by atoms with Gasteiger partial charge in [-0.25, -0.2) is 4.79 Å². The zero-order valence-electron chi connectivity index (χ0n) is 15.7. The van der Waals surface area contributed by atoms with Gasteiger partial charge in [0.25, 0.3) is 0 Å². The van der Waals surface area contributed by atoms with Crippen molar-refractivity contribution in [1.82, 2.24) is 0 Å². The van der Waals surface area contributed by atoms with E-state index in [-0.39, 0.29) is 12.2 Å². The van der Waals surface area contributed by atoms with Crippen LogP contribution in [0.5, 0.6) is 23.0 Å². The molecule has 146 valence electrons. The van der Waals surface area contributed by atoms with Crippen LogP contribution in [0.15, 0.2) is 48.0 Å². The van der Waals surface area contributed by atoms with Crippen LogP contribution in [0, 0.1) is 11.3 Å². The second-order valence-electron chi connectivity index (χ2n) is 5.46. The first-order valence-corrected chi connectivity index (χ1v) is 8.59. The molecular weight excluding hydrogens is 362 g/mol. The highest BCUT2D eigenvalue weighted by atomic mass is 16.5. The van der Waals surface area contributed by atoms with Crippen molar-refractivity contribution in [3.63, 3.8) is 0 Å². The van der Waals surface area contributed by atoms with E-state index in [4.69, 9.17) is 29.3 Å². The van der Waals surface area contributed by atoms with E-state index in [1.807, 2.05) is 25.1 Å². The molecule has 7 nitrogen and oxygen atoms in total. The second-order valence-corrected chi connectivity index (χ2v) is 5.46. The third-order valence-electron chi connectivity index (χ3n) is 3.60. The van der Waals surface area contributed by atoms with Gasteiger partial charge in [0, 0.05) is 0 Å². The number of rotatable bonds is 10. The largest absolute Gasteiger partial charge is 0.493 e. The van der Waals surface area contributed by atoms with Gasteiger partial charge in [-0.15, -0.1) is 0 Å². The fourth-order valence-electron chi connectivity index (χ4n) is 2.35. The standard InChI is InChI=1S/C21H21NO6/c1-3-26-20-13-15(12-16(14-22)21(23)24)8-9-19(20)28-11-10-27-18-7-5-4-6-17(18)25-2/h4-9,12-13H,3,10-11H2,1-2H3,(H,23,24). The molecule has 1 N–H and O–H groups in total. The highest BCUT2D eigenvalue weighted by molar-refractivity contribution is 5.96. The summed E-state index contributed by atoms with van der Waals surface area (Å²) in [5.74, 6) is 0.930. The molecule has 0 unspecified atom stereocenters. The Bertz CT molecular complexity index is 885. The molecule has 0 atom stereocenters. The molecule has 0 aliphatic rings. The SMILES string of the molecule is CCOc1cc(C=C(C#N)C(=O)O)ccc1OCCOc1ccccc1OC. The maximum absolute atomic E-state index is 11.0. The fraction of sp³-hybridized carbons (Fsp3) is 0.238. The smallest absolute Gasteiger partial charge is 0.346 e. The molecule has 2 aromatic carbocycles. The monoisotopic (exact) mass is 383 g/mol. The van der Waals surface area contributed by atoms with E-state index >= 15 is 0 Å². The number of aliphatic carboxylic acids is 1. The number of carboxylic acid groups (broad SMARTS) is 1. The van der Waals surface area contributed by atoms with Crippen LogP contribution in [-0.2, 0) is 4.79 Å². The number of carboxylic acids is 1. The number of nitriles is 1. The molecule has 28 heavy (non-hydrogen) atoms. The van der Waals surface area contributed by atoms with Crippen molar-refractivity contribution in [3.05, 3.63) is 53.6 Å². The molecule has 0 aliphatic heterocycles. The summed E-state index contributed by atoms with van der Waals surface area (Å²) in [6, 6.07) is 13.9. The average Bonchev–Trinajstić information content (AvgIpc) is 2.70. The molecule has 0 spiro atoms. The quantitative estimate of drug-likeness (QED) is 0.381. The van der Waals surface area contributed by atoms with Crippen LogP contribution < -0.4 is 18.9 Å². The predicted molar refractivity (Wildman–Crippen MR) is 103 cm³/mol. The first kappa shape index (κ1) is 20.6. The molecule has 7 heteroatoms. The van der Waals surface area contributed by atoms with Crippen LogP contribution in [0.25, 0.3) is 6.08 Å². The number of methoxy groups -OCH3 is 1. The maximum Gasteiger partial charge on any atom is 0.346 e. The number of hydrogen-bond donors (Lipinski definition) is 1. The van der Waals surface area contributed by atoms with E-state index < -0.39 is 5.97 Å². The van der Waals surface area contributed by atoms with E-state index in [9.17, 15) is 4.79 Å². The Kier molecular flexibility index (Phi) is 7.73. The van der Waals surface area contributed by atoms with Gasteiger partial charge in [-0.05, 0) is 42.8 Å². The Labute approximate surface area is 163 Å². The van der Waals surface area contributed by atoms with E-state index in [1.54, 1.807) is 37.4 Å². The molecule has 0 bridgehead atoms. The van der Waals surface area contributed by atoms with Crippen molar-refractivity contribution < 1.29 is 28.8 Å². The molecule has 2 aromatic rings. The van der Waals surface area contributed by atoms with Gasteiger partial charge in [-0.1, -0.05) is 18.2 Å². The lowest BCUT2D eigenvalue weighted by atomic mass is 10.1. The van der Waals surface area contributed by atoms with Crippen LogP contribution in [0.4, 0.5) is 0 Å². The van der Waals surface area contributed by atoms with Crippen molar-refractivity contribution in [2.75, 3.05) is 26.9 Å². The highest BCUT2D eigenvalue weighted by Crippen LogP contribution is 2.30. The normalized spacial score (nSPS) is 10.7. The van der Waals surface area contributed by atoms with Crippen molar-refractivity contribution in [1.29, 1.82) is 5.26 Å². The summed E-state index contributed by atoms with van der Waals surface area (Å²) < 4.78 is 22.2. The van der Waals surface area contributed by atoms with Gasteiger partial charge in [0.15, 0.2) is 23.0 Å². The number of hydrogen-bond acceptors (Lipinski definition) is 6. The number of nitrogens with zero attached hydrogens (tertiary/aromatic N) is 1. The minimum Gasteiger partial charge on any atom is -0.493 e. The van der Waals surface area contributed by atoms with Crippen LogP contribution in [-0.4, -0.2) is 38.0 Å². The first-order chi connectivity index (χ1) is 13.6. The number of carbonyl (C=O) groups is 1. The summed E-state index contributed by atoms with van der Waals surface area (Å²) >= 11 is 0. The maximum atomic E-state index is 11.0. The van der Waals surface area contributed by atoms with Gasteiger partial charge >= 0.3 is 5.97 Å². The molecule has 0 fully saturated rings. The summed E-state index contributed by atoms with van der Waals surface area (Å²) in [5.41, 5.74) is 0.168. The van der Waals surface area contributed by atoms with Gasteiger partial charge in [0.2, 0.25) is 0 Å². The van der Waals surface area contributed by atoms with Gasteiger partial charge in [0.1, 0.15) is 24.9 Å². The summed E-state index contributed by atoms with van der Waals surface area (Å²) in [5, 5.41) is 17.8. The Morgan fingerprint density at radius 1 is 1.04 bits per heavy atom. The van der Waals surface area contributed by atoms with Crippen molar-refractivity contribution in [3.8, 4) is 29.1 Å². The summed E-state index contributed by atoms with van der Waals surface area (Å²) in [6.45, 7) is 2.80. The molecule has 0 aromatic heterocycles. The Hall–Kier alpha value is -3.66. The average molecular weight is 383 g/mol. The minimum absolute atomic E-state index is 0.270. The molecule has 0 saturated carbocycles. The molecule has 0 aliphatic carbocycles. The molecule has 0 saturated heterocycles. The highest BCUT2D eigenvalue weighted by Gasteiger charge is 2.10. The molecule has 0 radical (unpaired) electrons. The van der Waals surface area contributed by atoms with E-state index in [1.165, 1.54) is 6.08 Å². The Morgan fingerprint density at radius 3 is 2.25 bits per heavy atom. The summed E-state index contributed by atoms with van der Waals surface area (Å²) in [7, 11) is 1.57. The molecular formula is C21H21NO6. The van der Waals surface area contributed by atoms with Crippen LogP contribution >= 0.6 is 0 Å². The van der Waals surface area contributed by atoms with Crippen LogP contribution in [0.3, 0.4) is 0 Å². The third-order valence-corrected chi connectivity index (χ3v) is 3.60. The molecule has 2 rings (SSSR count). The Balaban J connectivity index is 2.04. The number of ether oxygens (including phenoxy) is 4. The second kappa shape index (κ2) is 10.5. The Morgan fingerprint density at radius 2 is 1.68 bits per heavy atom. The number of benzene rings is 2. The van der Waals surface area contributed by atoms with E-state index in [2.05, 4.69) is 0 Å². The van der Waals surface area contributed by atoms with E-state index in [0.29, 0.717) is 41.8 Å². The lowest BCUT2D eigenvalue weighted by Crippen LogP contribution is -2.10. The van der Waals surface area contributed by atoms with Crippen molar-refractivity contribution in [2.24, 2.45) is 0 Å². The van der Waals surface area contributed by atoms with Gasteiger partial charge in [-0.3, -0.25) is 0 Å². The zero-order valence-corrected chi connectivity index (χ0v) is 15.7. The van der Waals surface area contributed by atoms with Crippen molar-refractivity contribution in [2.45, 2.75) is 6.92 Å². The van der Waals surface area contributed by atoms with E-state index in [0.717, 1.165) is 0 Å². The lowest BCUT2D eigenvalue weighted by molar-refractivity contribution is -0.132. The van der Waals surface area contributed by atoms with Gasteiger partial charge in [0.05, 0.1) is 13.7 Å². The zero-order chi connectivity index (χ0) is 20.4. The van der Waals surface area contributed by atoms with Crippen LogP contribution in [0.1, 0.15) is 12.5 Å². The molecule has 0 amide bonds. The fourth-order valence-corrected chi connectivity index (χ4v) is 2.35. The predicted octanol–water partition coefficient (Wildman–Crippen LogP) is 3.54. The topological polar surface area (TPSA) is 98.0 Å². The number of para-hydroxylation sites is 2. The lowest BCUT2D eigenvalue weighted by Gasteiger charge is -2.14. The summed E-state index contributed by atoms with van der Waals surface area (Å²) in [4.78, 5) is 11.0. The third kappa shape index (κ3) is 5.68. The minimum atomic E-state index is -1.28. The van der Waals surface area contributed by atoms with Crippen LogP contribution in [0.2, 0.25) is 0 Å². The van der Waals surface area contributed by atoms with Gasteiger partial charge < -0.3 is 24.1 Å². The molecule has 0 heterocycles.